The fourth-order valence-electron chi connectivity index (χ4n) is 4.24. The second kappa shape index (κ2) is 13.1. The highest BCUT2D eigenvalue weighted by Gasteiger charge is 2.29. The lowest BCUT2D eigenvalue weighted by Gasteiger charge is -2.34. The molecule has 0 heterocycles. The summed E-state index contributed by atoms with van der Waals surface area (Å²) in [5.74, 6) is 0.428. The largest absolute Gasteiger partial charge is 0.444 e. The molecule has 1 saturated carbocycles. The van der Waals surface area contributed by atoms with Crippen molar-refractivity contribution < 1.29 is 24.2 Å². The first-order chi connectivity index (χ1) is 16.3. The fraction of sp³-hybridized carbons (Fsp3) is 0.704. The van der Waals surface area contributed by atoms with Crippen molar-refractivity contribution in [2.24, 2.45) is 5.92 Å². The van der Waals surface area contributed by atoms with E-state index in [0.717, 1.165) is 18.4 Å². The van der Waals surface area contributed by atoms with Gasteiger partial charge >= 0.3 is 12.2 Å². The van der Waals surface area contributed by atoms with Crippen molar-refractivity contribution >= 4 is 12.2 Å². The predicted molar refractivity (Wildman–Crippen MR) is 137 cm³/mol. The molecule has 3 N–H and O–H groups in total. The maximum absolute atomic E-state index is 12.6. The minimum absolute atomic E-state index is 0.142. The number of benzene rings is 1. The van der Waals surface area contributed by atoms with Gasteiger partial charge in [0.15, 0.2) is 0 Å². The van der Waals surface area contributed by atoms with Crippen LogP contribution in [0, 0.1) is 5.92 Å². The summed E-state index contributed by atoms with van der Waals surface area (Å²) in [4.78, 5) is 25.1. The molecule has 0 bridgehead atoms. The number of amides is 2. The first-order valence-corrected chi connectivity index (χ1v) is 12.8. The fourth-order valence-corrected chi connectivity index (χ4v) is 4.24. The number of ether oxygens (including phenoxy) is 2. The van der Waals surface area contributed by atoms with Gasteiger partial charge in [0.25, 0.3) is 0 Å². The predicted octanol–water partition coefficient (Wildman–Crippen LogP) is 4.81. The number of alkyl carbamates (subject to hydrolysis) is 1. The standard InChI is InChI=1S/C27H45N3O5/c1-26(2,3)34-24(32)28-22(17-20-13-9-7-10-14-20)23(31)19-30(18-21-15-11-8-12-16-21)29-25(33)35-27(4,5)6/h7,9-10,13-14,21-23,31H,8,11-12,15-19H2,1-6H3,(H,28,32)(H,29,33). The second-order valence-corrected chi connectivity index (χ2v) is 11.5. The molecule has 1 fully saturated rings. The van der Waals surface area contributed by atoms with E-state index in [0.29, 0.717) is 18.9 Å². The topological polar surface area (TPSA) is 100 Å². The molecule has 0 spiro atoms. The van der Waals surface area contributed by atoms with Crippen LogP contribution < -0.4 is 10.7 Å². The van der Waals surface area contributed by atoms with E-state index in [9.17, 15) is 14.7 Å². The molecular weight excluding hydrogens is 446 g/mol. The summed E-state index contributed by atoms with van der Waals surface area (Å²) in [6, 6.07) is 9.07. The molecular formula is C27H45N3O5. The Morgan fingerprint density at radius 3 is 2.11 bits per heavy atom. The highest BCUT2D eigenvalue weighted by atomic mass is 16.6. The van der Waals surface area contributed by atoms with Crippen LogP contribution in [0.15, 0.2) is 30.3 Å². The van der Waals surface area contributed by atoms with E-state index in [1.54, 1.807) is 25.8 Å². The Labute approximate surface area is 210 Å². The number of rotatable bonds is 9. The Bertz CT molecular complexity index is 782. The summed E-state index contributed by atoms with van der Waals surface area (Å²) >= 11 is 0. The van der Waals surface area contributed by atoms with Gasteiger partial charge in [-0.25, -0.2) is 14.6 Å². The molecule has 35 heavy (non-hydrogen) atoms. The summed E-state index contributed by atoms with van der Waals surface area (Å²) in [6.45, 7) is 11.6. The summed E-state index contributed by atoms with van der Waals surface area (Å²) in [6.07, 6.45) is 4.08. The van der Waals surface area contributed by atoms with Gasteiger partial charge in [0.05, 0.1) is 12.1 Å². The van der Waals surface area contributed by atoms with Gasteiger partial charge in [-0.1, -0.05) is 49.6 Å². The molecule has 1 aliphatic carbocycles. The van der Waals surface area contributed by atoms with E-state index in [2.05, 4.69) is 10.7 Å². The Morgan fingerprint density at radius 2 is 1.54 bits per heavy atom. The average molecular weight is 492 g/mol. The van der Waals surface area contributed by atoms with Crippen molar-refractivity contribution in [3.8, 4) is 0 Å². The number of nitrogens with one attached hydrogen (secondary N) is 2. The summed E-state index contributed by atoms with van der Waals surface area (Å²) in [7, 11) is 0. The van der Waals surface area contributed by atoms with Crippen LogP contribution in [0.2, 0.25) is 0 Å². The van der Waals surface area contributed by atoms with Crippen molar-refractivity contribution in [2.75, 3.05) is 13.1 Å². The van der Waals surface area contributed by atoms with Gasteiger partial charge in [-0.3, -0.25) is 5.43 Å². The number of aliphatic hydroxyl groups is 1. The van der Waals surface area contributed by atoms with Crippen LogP contribution in [0.1, 0.15) is 79.2 Å². The lowest BCUT2D eigenvalue weighted by molar-refractivity contribution is 0.00718. The van der Waals surface area contributed by atoms with Crippen LogP contribution in [0.3, 0.4) is 0 Å². The lowest BCUT2D eigenvalue weighted by atomic mass is 9.89. The Morgan fingerprint density at radius 1 is 0.971 bits per heavy atom. The summed E-state index contributed by atoms with van der Waals surface area (Å²) in [5, 5.41) is 15.8. The number of carbonyl (C=O) groups excluding carboxylic acids is 2. The van der Waals surface area contributed by atoms with Crippen LogP contribution >= 0.6 is 0 Å². The Kier molecular flexibility index (Phi) is 10.8. The van der Waals surface area contributed by atoms with Crippen molar-refractivity contribution in [1.29, 1.82) is 0 Å². The molecule has 1 aromatic rings. The molecule has 2 amide bonds. The number of nitrogens with zero attached hydrogens (tertiary/aromatic N) is 1. The zero-order valence-electron chi connectivity index (χ0n) is 22.3. The summed E-state index contributed by atoms with van der Waals surface area (Å²) in [5.41, 5.74) is 2.52. The monoisotopic (exact) mass is 491 g/mol. The number of hydrazine groups is 1. The molecule has 2 rings (SSSR count). The number of hydrogen-bond acceptors (Lipinski definition) is 6. The van der Waals surface area contributed by atoms with Gasteiger partial charge in [-0.05, 0) is 72.3 Å². The zero-order valence-corrected chi connectivity index (χ0v) is 22.3. The first kappa shape index (κ1) is 28.9. The Hall–Kier alpha value is -2.32. The van der Waals surface area contributed by atoms with Crippen LogP contribution in [0.4, 0.5) is 9.59 Å². The quantitative estimate of drug-likeness (QED) is 0.429. The van der Waals surface area contributed by atoms with Gasteiger partial charge in [-0.2, -0.15) is 0 Å². The van der Waals surface area contributed by atoms with Gasteiger partial charge < -0.3 is 19.9 Å². The SMILES string of the molecule is CC(C)(C)OC(=O)NC(Cc1ccccc1)C(O)CN(CC1CCCCC1)NC(=O)OC(C)(C)C. The van der Waals surface area contributed by atoms with E-state index in [-0.39, 0.29) is 6.54 Å². The molecule has 2 atom stereocenters. The molecule has 8 heteroatoms. The second-order valence-electron chi connectivity index (χ2n) is 11.5. The third-order valence-corrected chi connectivity index (χ3v) is 5.72. The molecule has 8 nitrogen and oxygen atoms in total. The van der Waals surface area contributed by atoms with E-state index < -0.39 is 35.5 Å². The summed E-state index contributed by atoms with van der Waals surface area (Å²) < 4.78 is 10.9. The average Bonchev–Trinajstić information content (AvgIpc) is 2.72. The van der Waals surface area contributed by atoms with Crippen molar-refractivity contribution in [2.45, 2.75) is 103 Å². The van der Waals surface area contributed by atoms with E-state index >= 15 is 0 Å². The van der Waals surface area contributed by atoms with Crippen LogP contribution in [-0.2, 0) is 15.9 Å². The van der Waals surface area contributed by atoms with E-state index in [4.69, 9.17) is 9.47 Å². The molecule has 0 radical (unpaired) electrons. The number of aliphatic hydroxyl groups excluding tert-OH is 1. The third-order valence-electron chi connectivity index (χ3n) is 5.72. The molecule has 0 saturated heterocycles. The first-order valence-electron chi connectivity index (χ1n) is 12.8. The van der Waals surface area contributed by atoms with Crippen molar-refractivity contribution in [3.05, 3.63) is 35.9 Å². The molecule has 0 aromatic heterocycles. The van der Waals surface area contributed by atoms with Crippen molar-refractivity contribution in [1.82, 2.24) is 15.8 Å². The van der Waals surface area contributed by atoms with Crippen LogP contribution in [0.5, 0.6) is 0 Å². The minimum Gasteiger partial charge on any atom is -0.444 e. The van der Waals surface area contributed by atoms with Gasteiger partial charge in [0.1, 0.15) is 11.2 Å². The normalized spacial score (nSPS) is 16.9. The zero-order chi connectivity index (χ0) is 26.1. The molecule has 1 aromatic carbocycles. The highest BCUT2D eigenvalue weighted by molar-refractivity contribution is 5.68. The van der Waals surface area contributed by atoms with E-state index in [1.807, 2.05) is 51.1 Å². The van der Waals surface area contributed by atoms with Gasteiger partial charge in [-0.15, -0.1) is 0 Å². The van der Waals surface area contributed by atoms with Gasteiger partial charge in [0.2, 0.25) is 0 Å². The Balaban J connectivity index is 2.15. The number of carbonyl (C=O) groups is 2. The van der Waals surface area contributed by atoms with Gasteiger partial charge in [0, 0.05) is 13.1 Å². The van der Waals surface area contributed by atoms with Crippen LogP contribution in [0.25, 0.3) is 0 Å². The molecule has 2 unspecified atom stereocenters. The molecule has 0 aliphatic heterocycles. The maximum atomic E-state index is 12.6. The lowest BCUT2D eigenvalue weighted by Crippen LogP contribution is -2.55. The number of hydrogen-bond donors (Lipinski definition) is 3. The third kappa shape index (κ3) is 12.3. The molecule has 1 aliphatic rings. The van der Waals surface area contributed by atoms with Crippen molar-refractivity contribution in [3.63, 3.8) is 0 Å². The minimum atomic E-state index is -0.957. The maximum Gasteiger partial charge on any atom is 0.422 e. The van der Waals surface area contributed by atoms with Crippen LogP contribution in [-0.4, -0.2) is 58.7 Å². The smallest absolute Gasteiger partial charge is 0.422 e. The highest BCUT2D eigenvalue weighted by Crippen LogP contribution is 2.24. The molecule has 198 valence electrons. The van der Waals surface area contributed by atoms with E-state index in [1.165, 1.54) is 19.3 Å².